The van der Waals surface area contributed by atoms with Gasteiger partial charge in [0.2, 0.25) is 11.8 Å². The van der Waals surface area contributed by atoms with E-state index < -0.39 is 11.0 Å². The van der Waals surface area contributed by atoms with E-state index in [1.807, 2.05) is 0 Å². The molecule has 152 valence electrons. The normalized spacial score (nSPS) is 38.9. The highest BCUT2D eigenvalue weighted by Crippen LogP contribution is 2.57. The van der Waals surface area contributed by atoms with Crippen molar-refractivity contribution in [2.24, 2.45) is 11.8 Å². The lowest BCUT2D eigenvalue weighted by Crippen LogP contribution is -2.65. The van der Waals surface area contributed by atoms with E-state index in [1.54, 1.807) is 11.8 Å². The lowest BCUT2D eigenvalue weighted by Gasteiger charge is -2.60. The lowest BCUT2D eigenvalue weighted by atomic mass is 9.51. The number of aromatic nitrogens is 2. The summed E-state index contributed by atoms with van der Waals surface area (Å²) in [4.78, 5) is 27.2. The SMILES string of the molecule is Cc1nnc(C(=O)C2SCCN2C(=O)CNC23CC4CC(CC(O)(C4)C2)C3)o1. The number of carbonyl (C=O) groups is 2. The molecule has 6 rings (SSSR count). The van der Waals surface area contributed by atoms with Crippen molar-refractivity contribution < 1.29 is 19.1 Å². The van der Waals surface area contributed by atoms with Crippen molar-refractivity contribution in [2.75, 3.05) is 18.8 Å². The Morgan fingerprint density at radius 3 is 2.68 bits per heavy atom. The molecule has 0 aromatic carbocycles. The molecular weight excluding hydrogens is 380 g/mol. The van der Waals surface area contributed by atoms with Gasteiger partial charge in [-0.1, -0.05) is 0 Å². The van der Waals surface area contributed by atoms with E-state index in [0.29, 0.717) is 30.0 Å². The second-order valence-electron chi connectivity index (χ2n) is 9.12. The van der Waals surface area contributed by atoms with Crippen molar-refractivity contribution >= 4 is 23.5 Å². The number of Topliss-reactive ketones (excluding diaryl/α,β-unsaturated/α-hetero) is 1. The molecule has 1 amide bonds. The number of hydrogen-bond acceptors (Lipinski definition) is 8. The molecule has 5 fully saturated rings. The lowest BCUT2D eigenvalue weighted by molar-refractivity contribution is -0.146. The van der Waals surface area contributed by atoms with Crippen molar-refractivity contribution in [1.29, 1.82) is 0 Å². The van der Waals surface area contributed by atoms with E-state index in [9.17, 15) is 14.7 Å². The van der Waals surface area contributed by atoms with Gasteiger partial charge in [-0.3, -0.25) is 9.59 Å². The zero-order chi connectivity index (χ0) is 19.5. The van der Waals surface area contributed by atoms with Crippen LogP contribution in [0, 0.1) is 18.8 Å². The molecule has 2 N–H and O–H groups in total. The predicted molar refractivity (Wildman–Crippen MR) is 102 cm³/mol. The molecule has 1 aromatic rings. The van der Waals surface area contributed by atoms with Crippen LogP contribution in [-0.2, 0) is 4.79 Å². The topological polar surface area (TPSA) is 109 Å². The monoisotopic (exact) mass is 406 g/mol. The molecule has 3 unspecified atom stereocenters. The highest BCUT2D eigenvalue weighted by Gasteiger charge is 2.57. The maximum absolute atomic E-state index is 12.9. The van der Waals surface area contributed by atoms with Crippen molar-refractivity contribution in [2.45, 2.75) is 62.0 Å². The van der Waals surface area contributed by atoms with E-state index in [2.05, 4.69) is 15.5 Å². The van der Waals surface area contributed by atoms with Gasteiger partial charge in [-0.05, 0) is 50.4 Å². The molecule has 9 heteroatoms. The van der Waals surface area contributed by atoms with E-state index in [-0.39, 0.29) is 29.7 Å². The van der Waals surface area contributed by atoms with Gasteiger partial charge in [0.15, 0.2) is 0 Å². The molecule has 0 spiro atoms. The van der Waals surface area contributed by atoms with Crippen molar-refractivity contribution in [1.82, 2.24) is 20.4 Å². The second kappa shape index (κ2) is 6.53. The number of rotatable bonds is 5. The zero-order valence-corrected chi connectivity index (χ0v) is 16.8. The Balaban J connectivity index is 1.25. The maximum atomic E-state index is 12.9. The van der Waals surface area contributed by atoms with E-state index in [4.69, 9.17) is 4.42 Å². The molecule has 3 atom stereocenters. The number of aliphatic hydroxyl groups is 1. The first kappa shape index (κ1) is 18.6. The first-order valence-corrected chi connectivity index (χ1v) is 11.1. The first-order chi connectivity index (χ1) is 13.3. The van der Waals surface area contributed by atoms with Crippen LogP contribution < -0.4 is 5.32 Å². The molecular formula is C19H26N4O4S. The summed E-state index contributed by atoms with van der Waals surface area (Å²) in [5.74, 6) is 1.75. The van der Waals surface area contributed by atoms with Crippen LogP contribution in [0.4, 0.5) is 0 Å². The minimum absolute atomic E-state index is 0.0361. The summed E-state index contributed by atoms with van der Waals surface area (Å²) in [6.45, 7) is 2.37. The van der Waals surface area contributed by atoms with Crippen LogP contribution in [0.2, 0.25) is 0 Å². The fourth-order valence-electron chi connectivity index (χ4n) is 6.23. The number of ketones is 1. The number of nitrogens with one attached hydrogen (secondary N) is 1. The number of thioether (sulfide) groups is 1. The highest BCUT2D eigenvalue weighted by atomic mass is 32.2. The molecule has 5 aliphatic rings. The van der Waals surface area contributed by atoms with Crippen LogP contribution >= 0.6 is 11.8 Å². The molecule has 1 aliphatic heterocycles. The molecule has 4 saturated carbocycles. The van der Waals surface area contributed by atoms with Gasteiger partial charge in [0.1, 0.15) is 5.37 Å². The van der Waals surface area contributed by atoms with E-state index >= 15 is 0 Å². The van der Waals surface area contributed by atoms with E-state index in [0.717, 1.165) is 32.1 Å². The summed E-state index contributed by atoms with van der Waals surface area (Å²) in [6, 6.07) is 0. The summed E-state index contributed by atoms with van der Waals surface area (Å²) in [5, 5.41) is 21.3. The second-order valence-corrected chi connectivity index (χ2v) is 10.3. The van der Waals surface area contributed by atoms with Crippen molar-refractivity contribution in [3.63, 3.8) is 0 Å². The third-order valence-electron chi connectivity index (χ3n) is 6.82. The standard InChI is InChI=1S/C19H26N4O4S/c1-11-21-22-16(27-11)15(25)17-23(2-3-28-17)14(24)9-20-18-5-12-4-13(6-18)8-19(26,7-12)10-18/h12-13,17,20,26H,2-10H2,1H3. The molecule has 8 nitrogen and oxygen atoms in total. The van der Waals surface area contributed by atoms with Crippen LogP contribution in [0.3, 0.4) is 0 Å². The minimum Gasteiger partial charge on any atom is -0.419 e. The van der Waals surface area contributed by atoms with Crippen LogP contribution in [0.1, 0.15) is 55.1 Å². The van der Waals surface area contributed by atoms with E-state index in [1.165, 1.54) is 18.2 Å². The third kappa shape index (κ3) is 3.17. The Morgan fingerprint density at radius 2 is 2.04 bits per heavy atom. The van der Waals surface area contributed by atoms with Gasteiger partial charge in [0, 0.05) is 24.8 Å². The van der Waals surface area contributed by atoms with Gasteiger partial charge in [-0.2, -0.15) is 0 Å². The molecule has 4 aliphatic carbocycles. The molecule has 0 radical (unpaired) electrons. The van der Waals surface area contributed by atoms with Crippen molar-refractivity contribution in [3.05, 3.63) is 11.8 Å². The Labute approximate surface area is 167 Å². The summed E-state index contributed by atoms with van der Waals surface area (Å²) in [6.07, 6.45) is 5.84. The van der Waals surface area contributed by atoms with Gasteiger partial charge < -0.3 is 19.7 Å². The maximum Gasteiger partial charge on any atom is 0.287 e. The average Bonchev–Trinajstić information content (AvgIpc) is 3.26. The summed E-state index contributed by atoms with van der Waals surface area (Å²) >= 11 is 1.44. The van der Waals surface area contributed by atoms with Gasteiger partial charge in [-0.15, -0.1) is 22.0 Å². The molecule has 28 heavy (non-hydrogen) atoms. The van der Waals surface area contributed by atoms with Crippen LogP contribution in [-0.4, -0.2) is 67.3 Å². The van der Waals surface area contributed by atoms with Crippen LogP contribution in [0.25, 0.3) is 0 Å². The highest BCUT2D eigenvalue weighted by molar-refractivity contribution is 8.00. The number of nitrogens with zero attached hydrogens (tertiary/aromatic N) is 3. The largest absolute Gasteiger partial charge is 0.419 e. The average molecular weight is 407 g/mol. The number of carbonyl (C=O) groups excluding carboxylic acids is 2. The molecule has 2 heterocycles. The van der Waals surface area contributed by atoms with Gasteiger partial charge in [0.05, 0.1) is 12.1 Å². The van der Waals surface area contributed by atoms with Crippen LogP contribution in [0.15, 0.2) is 4.42 Å². The minimum atomic E-state index is -0.602. The fraction of sp³-hybridized carbons (Fsp3) is 0.789. The summed E-state index contributed by atoms with van der Waals surface area (Å²) in [5.41, 5.74) is -0.692. The van der Waals surface area contributed by atoms with Crippen LogP contribution in [0.5, 0.6) is 0 Å². The Hall–Kier alpha value is -1.45. The predicted octanol–water partition coefficient (Wildman–Crippen LogP) is 1.14. The van der Waals surface area contributed by atoms with Gasteiger partial charge in [-0.25, -0.2) is 0 Å². The number of aryl methyl sites for hydroxylation is 1. The molecule has 1 aromatic heterocycles. The quantitative estimate of drug-likeness (QED) is 0.701. The number of hydrogen-bond donors (Lipinski definition) is 2. The Morgan fingerprint density at radius 1 is 1.29 bits per heavy atom. The Bertz CT molecular complexity index is 798. The molecule has 4 bridgehead atoms. The Kier molecular flexibility index (Phi) is 4.33. The zero-order valence-electron chi connectivity index (χ0n) is 16.0. The fourth-order valence-corrected chi connectivity index (χ4v) is 7.41. The van der Waals surface area contributed by atoms with Crippen molar-refractivity contribution in [3.8, 4) is 0 Å². The summed E-state index contributed by atoms with van der Waals surface area (Å²) < 4.78 is 5.26. The summed E-state index contributed by atoms with van der Waals surface area (Å²) in [7, 11) is 0. The van der Waals surface area contributed by atoms with Gasteiger partial charge in [0.25, 0.3) is 11.7 Å². The molecule has 1 saturated heterocycles. The smallest absolute Gasteiger partial charge is 0.287 e. The third-order valence-corrected chi connectivity index (χ3v) is 8.02. The van der Waals surface area contributed by atoms with Gasteiger partial charge >= 0.3 is 0 Å². The first-order valence-electron chi connectivity index (χ1n) is 10.1. The number of amides is 1.